The highest BCUT2D eigenvalue weighted by Gasteiger charge is 2.21. The predicted octanol–water partition coefficient (Wildman–Crippen LogP) is 5.89. The van der Waals surface area contributed by atoms with E-state index >= 15 is 0 Å². The Balaban J connectivity index is 1.76. The quantitative estimate of drug-likeness (QED) is 0.262. The van der Waals surface area contributed by atoms with Gasteiger partial charge >= 0.3 is 0 Å². The Kier molecular flexibility index (Phi) is 5.87. The van der Waals surface area contributed by atoms with Gasteiger partial charge in [0.25, 0.3) is 5.91 Å². The van der Waals surface area contributed by atoms with E-state index in [2.05, 4.69) is 26.0 Å². The van der Waals surface area contributed by atoms with Crippen LogP contribution >= 0.6 is 27.3 Å². The van der Waals surface area contributed by atoms with Crippen molar-refractivity contribution in [3.05, 3.63) is 88.1 Å². The number of hydrazone groups is 1. The van der Waals surface area contributed by atoms with Crippen molar-refractivity contribution in [1.82, 2.24) is 4.98 Å². The van der Waals surface area contributed by atoms with Crippen molar-refractivity contribution in [3.8, 4) is 5.75 Å². The number of amides is 1. The molecule has 0 aliphatic carbocycles. The van der Waals surface area contributed by atoms with Crippen LogP contribution in [0.15, 0.2) is 76.3 Å². The van der Waals surface area contributed by atoms with Crippen LogP contribution in [0.2, 0.25) is 0 Å². The molecule has 0 bridgehead atoms. The van der Waals surface area contributed by atoms with Crippen LogP contribution in [-0.2, 0) is 0 Å². The second-order valence-electron chi connectivity index (χ2n) is 6.25. The predicted molar refractivity (Wildman–Crippen MR) is 121 cm³/mol. The first-order valence-electron chi connectivity index (χ1n) is 8.87. The number of rotatable bonds is 5. The van der Waals surface area contributed by atoms with Gasteiger partial charge in [-0.3, -0.25) is 4.79 Å². The van der Waals surface area contributed by atoms with Gasteiger partial charge in [0.15, 0.2) is 0 Å². The van der Waals surface area contributed by atoms with E-state index in [0.29, 0.717) is 22.0 Å². The van der Waals surface area contributed by atoms with E-state index in [1.807, 2.05) is 18.2 Å². The molecule has 1 heterocycles. The van der Waals surface area contributed by atoms with Gasteiger partial charge in [-0.15, -0.1) is 0 Å². The molecular weight excluding hydrogens is 469 g/mol. The van der Waals surface area contributed by atoms with E-state index in [1.54, 1.807) is 43.5 Å². The van der Waals surface area contributed by atoms with Gasteiger partial charge in [-0.25, -0.2) is 9.37 Å². The number of thiazole rings is 1. The van der Waals surface area contributed by atoms with Crippen LogP contribution in [0.25, 0.3) is 10.2 Å². The molecule has 3 aromatic carbocycles. The molecule has 4 aromatic rings. The molecular formula is C22H15BrFN3O2S. The van der Waals surface area contributed by atoms with Gasteiger partial charge in [0.2, 0.25) is 5.13 Å². The number of carbonyl (C=O) groups is 1. The van der Waals surface area contributed by atoms with Crippen LogP contribution in [-0.4, -0.2) is 24.2 Å². The first kappa shape index (κ1) is 20.2. The maximum Gasteiger partial charge on any atom is 0.280 e. The molecule has 150 valence electrons. The summed E-state index contributed by atoms with van der Waals surface area (Å²) in [4.78, 5) is 17.9. The van der Waals surface area contributed by atoms with Gasteiger partial charge in [-0.1, -0.05) is 45.5 Å². The number of anilines is 1. The van der Waals surface area contributed by atoms with Crippen molar-refractivity contribution >= 4 is 54.7 Å². The molecule has 1 amide bonds. The van der Waals surface area contributed by atoms with E-state index in [-0.39, 0.29) is 11.7 Å². The average Bonchev–Trinajstić information content (AvgIpc) is 3.17. The molecule has 4 rings (SSSR count). The standard InChI is InChI=1S/C22H15BrFN3O2S/c1-29-18-4-2-3-15(11-18)21(28)27(25-13-14-5-8-17(24)9-6-14)22-26-19-10-7-16(23)12-20(19)30-22/h2-13H,1H3/b25-13+. The maximum absolute atomic E-state index is 13.3. The number of hydrogen-bond donors (Lipinski definition) is 0. The summed E-state index contributed by atoms with van der Waals surface area (Å²) in [6.07, 6.45) is 1.50. The third-order valence-electron chi connectivity index (χ3n) is 4.22. The van der Waals surface area contributed by atoms with Crippen LogP contribution in [0.4, 0.5) is 9.52 Å². The number of aromatic nitrogens is 1. The average molecular weight is 484 g/mol. The van der Waals surface area contributed by atoms with Crippen LogP contribution in [0, 0.1) is 5.82 Å². The molecule has 0 saturated carbocycles. The number of halogens is 2. The van der Waals surface area contributed by atoms with Gasteiger partial charge in [-0.2, -0.15) is 10.1 Å². The van der Waals surface area contributed by atoms with Crippen molar-refractivity contribution in [2.75, 3.05) is 12.1 Å². The highest BCUT2D eigenvalue weighted by molar-refractivity contribution is 9.10. The Bertz CT molecular complexity index is 1240. The molecule has 0 aliphatic heterocycles. The number of nitrogens with zero attached hydrogens (tertiary/aromatic N) is 3. The Morgan fingerprint density at radius 1 is 1.17 bits per heavy atom. The largest absolute Gasteiger partial charge is 0.497 e. The second kappa shape index (κ2) is 8.73. The fourth-order valence-electron chi connectivity index (χ4n) is 2.72. The SMILES string of the molecule is COc1cccc(C(=O)N(/N=C/c2ccc(F)cc2)c2nc3ccc(Br)cc3s2)c1. The Morgan fingerprint density at radius 3 is 2.73 bits per heavy atom. The van der Waals surface area contributed by atoms with Crippen molar-refractivity contribution in [2.45, 2.75) is 0 Å². The van der Waals surface area contributed by atoms with Crippen LogP contribution < -0.4 is 9.75 Å². The number of methoxy groups -OCH3 is 1. The van der Waals surface area contributed by atoms with Gasteiger partial charge < -0.3 is 4.74 Å². The zero-order valence-corrected chi connectivity index (χ0v) is 18.2. The first-order chi connectivity index (χ1) is 14.5. The zero-order chi connectivity index (χ0) is 21.1. The highest BCUT2D eigenvalue weighted by atomic mass is 79.9. The molecule has 5 nitrogen and oxygen atoms in total. The Hall–Kier alpha value is -3.10. The Labute approximate surface area is 184 Å². The number of benzene rings is 3. The highest BCUT2D eigenvalue weighted by Crippen LogP contribution is 2.32. The first-order valence-corrected chi connectivity index (χ1v) is 10.5. The van der Waals surface area contributed by atoms with Gasteiger partial charge in [0, 0.05) is 10.0 Å². The molecule has 8 heteroatoms. The lowest BCUT2D eigenvalue weighted by molar-refractivity contribution is 0.0987. The smallest absolute Gasteiger partial charge is 0.280 e. The van der Waals surface area contributed by atoms with Crippen LogP contribution in [0.5, 0.6) is 5.75 Å². The lowest BCUT2D eigenvalue weighted by atomic mass is 10.2. The normalized spacial score (nSPS) is 11.2. The van der Waals surface area contributed by atoms with Crippen molar-refractivity contribution in [3.63, 3.8) is 0 Å². The van der Waals surface area contributed by atoms with Crippen LogP contribution in [0.3, 0.4) is 0 Å². The topological polar surface area (TPSA) is 54.8 Å². The summed E-state index contributed by atoms with van der Waals surface area (Å²) in [6.45, 7) is 0. The molecule has 0 atom stereocenters. The number of fused-ring (bicyclic) bond motifs is 1. The monoisotopic (exact) mass is 483 g/mol. The van der Waals surface area contributed by atoms with Crippen molar-refractivity contribution in [2.24, 2.45) is 5.10 Å². The molecule has 1 aromatic heterocycles. The zero-order valence-electron chi connectivity index (χ0n) is 15.8. The van der Waals surface area contributed by atoms with Crippen LogP contribution in [0.1, 0.15) is 15.9 Å². The van der Waals surface area contributed by atoms with E-state index in [4.69, 9.17) is 4.74 Å². The minimum absolute atomic E-state index is 0.340. The number of hydrogen-bond acceptors (Lipinski definition) is 5. The molecule has 0 N–H and O–H groups in total. The maximum atomic E-state index is 13.3. The summed E-state index contributed by atoms with van der Waals surface area (Å²) in [5.74, 6) is -0.129. The van der Waals surface area contributed by atoms with Gasteiger partial charge in [0.1, 0.15) is 11.6 Å². The summed E-state index contributed by atoms with van der Waals surface area (Å²) >= 11 is 4.80. The second-order valence-corrected chi connectivity index (χ2v) is 8.18. The molecule has 30 heavy (non-hydrogen) atoms. The molecule has 0 unspecified atom stereocenters. The molecule has 0 radical (unpaired) electrons. The third-order valence-corrected chi connectivity index (χ3v) is 5.71. The summed E-state index contributed by atoms with van der Waals surface area (Å²) in [5.41, 5.74) is 1.83. The van der Waals surface area contributed by atoms with E-state index in [9.17, 15) is 9.18 Å². The van der Waals surface area contributed by atoms with E-state index < -0.39 is 0 Å². The van der Waals surface area contributed by atoms with Crippen molar-refractivity contribution in [1.29, 1.82) is 0 Å². The van der Waals surface area contributed by atoms with E-state index in [0.717, 1.165) is 14.7 Å². The van der Waals surface area contributed by atoms with Gasteiger partial charge in [-0.05, 0) is 54.1 Å². The summed E-state index contributed by atoms with van der Waals surface area (Å²) in [7, 11) is 1.54. The summed E-state index contributed by atoms with van der Waals surface area (Å²) < 4.78 is 20.3. The lowest BCUT2D eigenvalue weighted by Gasteiger charge is -2.14. The fourth-order valence-corrected chi connectivity index (χ4v) is 4.19. The third kappa shape index (κ3) is 4.39. The number of carbonyl (C=O) groups excluding carboxylic acids is 1. The summed E-state index contributed by atoms with van der Waals surface area (Å²) in [6, 6.07) is 18.4. The summed E-state index contributed by atoms with van der Waals surface area (Å²) in [5, 5.41) is 6.05. The molecule has 0 aliphatic rings. The van der Waals surface area contributed by atoms with E-state index in [1.165, 1.54) is 34.7 Å². The Morgan fingerprint density at radius 2 is 1.97 bits per heavy atom. The molecule has 0 spiro atoms. The number of ether oxygens (including phenoxy) is 1. The lowest BCUT2D eigenvalue weighted by Crippen LogP contribution is -2.25. The fraction of sp³-hybridized carbons (Fsp3) is 0.0455. The molecule has 0 fully saturated rings. The minimum Gasteiger partial charge on any atom is -0.497 e. The molecule has 0 saturated heterocycles. The van der Waals surface area contributed by atoms with Gasteiger partial charge in [0.05, 0.1) is 23.5 Å². The minimum atomic E-state index is -0.356. The van der Waals surface area contributed by atoms with Crippen molar-refractivity contribution < 1.29 is 13.9 Å².